The quantitative estimate of drug-likeness (QED) is 0.847. The van der Waals surface area contributed by atoms with E-state index in [9.17, 15) is 4.79 Å². The number of likely N-dealkylation sites (tertiary alicyclic amines) is 1. The minimum absolute atomic E-state index is 0.140. The highest BCUT2D eigenvalue weighted by molar-refractivity contribution is 5.93. The number of nitrogens with two attached hydrogens (primary N) is 1. The summed E-state index contributed by atoms with van der Waals surface area (Å²) >= 11 is 0. The highest BCUT2D eigenvalue weighted by atomic mass is 16.3. The van der Waals surface area contributed by atoms with Gasteiger partial charge in [0.2, 0.25) is 0 Å². The molecular formula is C20H27N3O2. The van der Waals surface area contributed by atoms with Gasteiger partial charge in [-0.05, 0) is 49.0 Å². The van der Waals surface area contributed by atoms with Crippen molar-refractivity contribution in [2.45, 2.75) is 39.4 Å². The minimum atomic E-state index is -0.140. The second-order valence-electron chi connectivity index (χ2n) is 6.97. The van der Waals surface area contributed by atoms with Crippen LogP contribution in [0, 0.1) is 5.92 Å². The Bertz CT molecular complexity index is 702. The summed E-state index contributed by atoms with van der Waals surface area (Å²) in [5, 5.41) is 2.94. The van der Waals surface area contributed by atoms with E-state index in [0.29, 0.717) is 24.4 Å². The van der Waals surface area contributed by atoms with Crippen molar-refractivity contribution in [1.82, 2.24) is 10.2 Å². The Morgan fingerprint density at radius 3 is 2.76 bits per heavy atom. The van der Waals surface area contributed by atoms with E-state index < -0.39 is 0 Å². The van der Waals surface area contributed by atoms with Crippen molar-refractivity contribution in [1.29, 1.82) is 0 Å². The molecule has 2 aromatic rings. The van der Waals surface area contributed by atoms with Gasteiger partial charge in [-0.25, -0.2) is 0 Å². The van der Waals surface area contributed by atoms with Gasteiger partial charge in [0.15, 0.2) is 0 Å². The third kappa shape index (κ3) is 4.94. The topological polar surface area (TPSA) is 71.5 Å². The van der Waals surface area contributed by atoms with Crippen LogP contribution in [-0.2, 0) is 19.6 Å². The van der Waals surface area contributed by atoms with Crippen LogP contribution in [0.25, 0.3) is 0 Å². The van der Waals surface area contributed by atoms with Crippen LogP contribution in [-0.4, -0.2) is 23.9 Å². The van der Waals surface area contributed by atoms with E-state index in [1.54, 1.807) is 6.07 Å². The molecule has 0 atom stereocenters. The van der Waals surface area contributed by atoms with Crippen LogP contribution in [0.15, 0.2) is 41.0 Å². The summed E-state index contributed by atoms with van der Waals surface area (Å²) in [6.45, 7) is 6.46. The van der Waals surface area contributed by atoms with Gasteiger partial charge >= 0.3 is 0 Å². The molecule has 134 valence electrons. The van der Waals surface area contributed by atoms with Crippen LogP contribution in [0.5, 0.6) is 0 Å². The summed E-state index contributed by atoms with van der Waals surface area (Å²) in [5.41, 5.74) is 8.42. The van der Waals surface area contributed by atoms with Gasteiger partial charge in [-0.1, -0.05) is 31.2 Å². The molecule has 5 heteroatoms. The molecule has 1 aromatic heterocycles. The van der Waals surface area contributed by atoms with Gasteiger partial charge in [0.25, 0.3) is 5.91 Å². The molecule has 2 heterocycles. The number of piperidine rings is 1. The van der Waals surface area contributed by atoms with Crippen LogP contribution >= 0.6 is 0 Å². The maximum Gasteiger partial charge on any atom is 0.254 e. The normalized spacial score (nSPS) is 16.1. The second-order valence-corrected chi connectivity index (χ2v) is 6.97. The summed E-state index contributed by atoms with van der Waals surface area (Å²) in [6, 6.07) is 10.1. The fourth-order valence-corrected chi connectivity index (χ4v) is 3.21. The van der Waals surface area contributed by atoms with Gasteiger partial charge in [-0.2, -0.15) is 0 Å². The Morgan fingerprint density at radius 2 is 2.04 bits per heavy atom. The van der Waals surface area contributed by atoms with Crippen molar-refractivity contribution >= 4 is 5.91 Å². The van der Waals surface area contributed by atoms with Gasteiger partial charge < -0.3 is 15.5 Å². The van der Waals surface area contributed by atoms with Crippen LogP contribution in [0.2, 0.25) is 0 Å². The Balaban J connectivity index is 1.53. The van der Waals surface area contributed by atoms with E-state index in [2.05, 4.69) is 35.3 Å². The minimum Gasteiger partial charge on any atom is -0.467 e. The molecule has 0 unspecified atom stereocenters. The first-order valence-electron chi connectivity index (χ1n) is 9.00. The molecule has 0 bridgehead atoms. The Hall–Kier alpha value is -2.11. The second kappa shape index (κ2) is 8.32. The molecule has 1 saturated heterocycles. The highest BCUT2D eigenvalue weighted by Gasteiger charge is 2.15. The van der Waals surface area contributed by atoms with Crippen molar-refractivity contribution in [3.05, 3.63) is 59.0 Å². The van der Waals surface area contributed by atoms with Gasteiger partial charge in [0.1, 0.15) is 12.0 Å². The van der Waals surface area contributed by atoms with E-state index in [-0.39, 0.29) is 5.91 Å². The highest BCUT2D eigenvalue weighted by Crippen LogP contribution is 2.18. The van der Waals surface area contributed by atoms with Gasteiger partial charge in [0, 0.05) is 13.1 Å². The third-order valence-corrected chi connectivity index (χ3v) is 4.84. The maximum atomic E-state index is 12.2. The molecule has 0 radical (unpaired) electrons. The van der Waals surface area contributed by atoms with Crippen molar-refractivity contribution in [3.8, 4) is 0 Å². The fraction of sp³-hybridized carbons (Fsp3) is 0.450. The lowest BCUT2D eigenvalue weighted by Crippen LogP contribution is -2.32. The number of nitrogens with zero attached hydrogens (tertiary/aromatic N) is 1. The standard InChI is InChI=1S/C20H27N3O2/c1-15-5-7-23(8-6-15)13-17-4-2-3-16(9-17)12-22-20(24)18-10-19(11-21)25-14-18/h2-4,9-10,14-15H,5-8,11-13,21H2,1H3,(H,22,24). The van der Waals surface area contributed by atoms with Crippen LogP contribution in [0.4, 0.5) is 0 Å². The lowest BCUT2D eigenvalue weighted by atomic mass is 9.98. The molecule has 1 fully saturated rings. The molecule has 1 aliphatic heterocycles. The van der Waals surface area contributed by atoms with Crippen molar-refractivity contribution in [3.63, 3.8) is 0 Å². The molecule has 1 aromatic carbocycles. The maximum absolute atomic E-state index is 12.2. The van der Waals surface area contributed by atoms with Crippen LogP contribution < -0.4 is 11.1 Å². The summed E-state index contributed by atoms with van der Waals surface area (Å²) in [7, 11) is 0. The predicted molar refractivity (Wildman–Crippen MR) is 97.9 cm³/mol. The largest absolute Gasteiger partial charge is 0.467 e. The number of amides is 1. The summed E-state index contributed by atoms with van der Waals surface area (Å²) in [6.07, 6.45) is 4.02. The zero-order chi connectivity index (χ0) is 17.6. The van der Waals surface area contributed by atoms with Crippen LogP contribution in [0.1, 0.15) is 47.0 Å². The summed E-state index contributed by atoms with van der Waals surface area (Å²) in [5.74, 6) is 1.32. The SMILES string of the molecule is CC1CCN(Cc2cccc(CNC(=O)c3coc(CN)c3)c2)CC1. The first-order chi connectivity index (χ1) is 12.1. The Labute approximate surface area is 149 Å². The molecule has 0 saturated carbocycles. The first kappa shape index (κ1) is 17.7. The zero-order valence-corrected chi connectivity index (χ0v) is 14.8. The number of rotatable bonds is 6. The van der Waals surface area contributed by atoms with Crippen molar-refractivity contribution in [2.24, 2.45) is 11.7 Å². The average Bonchev–Trinajstić information content (AvgIpc) is 3.11. The smallest absolute Gasteiger partial charge is 0.254 e. The van der Waals surface area contributed by atoms with Gasteiger partial charge in [-0.3, -0.25) is 9.69 Å². The number of carbonyl (C=O) groups is 1. The van der Waals surface area contributed by atoms with E-state index in [4.69, 9.17) is 10.2 Å². The number of hydrogen-bond acceptors (Lipinski definition) is 4. The predicted octanol–water partition coefficient (Wildman–Crippen LogP) is 2.90. The molecule has 0 spiro atoms. The van der Waals surface area contributed by atoms with Gasteiger partial charge in [0.05, 0.1) is 12.1 Å². The molecule has 3 rings (SSSR count). The molecule has 25 heavy (non-hydrogen) atoms. The lowest BCUT2D eigenvalue weighted by molar-refractivity contribution is 0.0950. The van der Waals surface area contributed by atoms with Crippen LogP contribution in [0.3, 0.4) is 0 Å². The molecule has 0 aliphatic carbocycles. The number of benzene rings is 1. The number of hydrogen-bond donors (Lipinski definition) is 2. The molecule has 1 amide bonds. The average molecular weight is 341 g/mol. The lowest BCUT2D eigenvalue weighted by Gasteiger charge is -2.30. The number of furan rings is 1. The first-order valence-corrected chi connectivity index (χ1v) is 9.00. The third-order valence-electron chi connectivity index (χ3n) is 4.84. The molecule has 5 nitrogen and oxygen atoms in total. The molecule has 3 N–H and O–H groups in total. The molecular weight excluding hydrogens is 314 g/mol. The van der Waals surface area contributed by atoms with E-state index >= 15 is 0 Å². The van der Waals surface area contributed by atoms with Crippen molar-refractivity contribution < 1.29 is 9.21 Å². The summed E-state index contributed by atoms with van der Waals surface area (Å²) < 4.78 is 5.21. The van der Waals surface area contributed by atoms with Gasteiger partial charge in [-0.15, -0.1) is 0 Å². The van der Waals surface area contributed by atoms with E-state index in [0.717, 1.165) is 18.0 Å². The number of carbonyl (C=O) groups excluding carboxylic acids is 1. The molecule has 1 aliphatic rings. The Morgan fingerprint density at radius 1 is 1.28 bits per heavy atom. The Kier molecular flexibility index (Phi) is 5.89. The van der Waals surface area contributed by atoms with E-state index in [1.807, 2.05) is 6.07 Å². The fourth-order valence-electron chi connectivity index (χ4n) is 3.21. The van der Waals surface area contributed by atoms with E-state index in [1.165, 1.54) is 37.8 Å². The monoisotopic (exact) mass is 341 g/mol. The van der Waals surface area contributed by atoms with Crippen molar-refractivity contribution in [2.75, 3.05) is 13.1 Å². The number of nitrogens with one attached hydrogen (secondary N) is 1. The summed E-state index contributed by atoms with van der Waals surface area (Å²) in [4.78, 5) is 14.7. The zero-order valence-electron chi connectivity index (χ0n) is 14.8.